The molecule has 3 rings (SSSR count). The first-order chi connectivity index (χ1) is 16.0. The maximum atomic E-state index is 10.3. The van der Waals surface area contributed by atoms with E-state index in [1.165, 1.54) is 0 Å². The third-order valence-electron chi connectivity index (χ3n) is 9.70. The Morgan fingerprint density at radius 2 is 0.912 bits per heavy atom. The van der Waals surface area contributed by atoms with Crippen molar-refractivity contribution in [3.63, 3.8) is 0 Å². The van der Waals surface area contributed by atoms with Crippen molar-refractivity contribution >= 4 is 0 Å². The van der Waals surface area contributed by atoms with Crippen molar-refractivity contribution in [1.82, 2.24) is 0 Å². The molecule has 1 N–H and O–H groups in total. The molecule has 200 valence electrons. The van der Waals surface area contributed by atoms with Crippen LogP contribution in [0.25, 0.3) is 0 Å². The Hall–Kier alpha value is -0.240. The topological polar surface area (TPSA) is 66.4 Å². The van der Waals surface area contributed by atoms with Crippen LogP contribution in [0.15, 0.2) is 0 Å². The minimum Gasteiger partial charge on any atom is -0.368 e. The second-order valence-corrected chi connectivity index (χ2v) is 11.6. The van der Waals surface area contributed by atoms with Crippen molar-refractivity contribution in [2.75, 3.05) is 0 Å². The van der Waals surface area contributed by atoms with Gasteiger partial charge in [-0.2, -0.15) is 0 Å². The molecular formula is C28H52O6. The van der Waals surface area contributed by atoms with Crippen LogP contribution >= 0.6 is 0 Å². The number of ether oxygens (including phenoxy) is 5. The van der Waals surface area contributed by atoms with Crippen LogP contribution < -0.4 is 0 Å². The molecule has 0 saturated carbocycles. The highest BCUT2D eigenvalue weighted by atomic mass is 16.7. The molecule has 15 atom stereocenters. The molecule has 6 heteroatoms. The lowest BCUT2D eigenvalue weighted by molar-refractivity contribution is -0.346. The van der Waals surface area contributed by atoms with E-state index in [4.69, 9.17) is 23.7 Å². The fourth-order valence-electron chi connectivity index (χ4n) is 6.19. The van der Waals surface area contributed by atoms with Crippen LogP contribution in [-0.4, -0.2) is 54.5 Å². The Kier molecular flexibility index (Phi) is 9.89. The molecule has 0 aliphatic carbocycles. The minimum absolute atomic E-state index is 0.0167. The third-order valence-corrected chi connectivity index (χ3v) is 9.70. The summed E-state index contributed by atoms with van der Waals surface area (Å²) in [6.07, 6.45) is 1.31. The van der Waals surface area contributed by atoms with Gasteiger partial charge in [0.1, 0.15) is 0 Å². The Morgan fingerprint density at radius 1 is 0.500 bits per heavy atom. The van der Waals surface area contributed by atoms with Crippen LogP contribution in [0.4, 0.5) is 0 Å². The summed E-state index contributed by atoms with van der Waals surface area (Å²) in [4.78, 5) is 0. The summed E-state index contributed by atoms with van der Waals surface area (Å²) < 4.78 is 32.4. The van der Waals surface area contributed by atoms with Crippen LogP contribution in [0.1, 0.15) is 88.5 Å². The fourth-order valence-corrected chi connectivity index (χ4v) is 6.19. The minimum atomic E-state index is -0.737. The fraction of sp³-hybridized carbons (Fsp3) is 1.00. The van der Waals surface area contributed by atoms with Gasteiger partial charge in [0.2, 0.25) is 0 Å². The Morgan fingerprint density at radius 3 is 1.41 bits per heavy atom. The molecule has 0 bridgehead atoms. The van der Waals surface area contributed by atoms with E-state index < -0.39 is 6.29 Å². The molecule has 0 amide bonds. The number of hydrogen-bond donors (Lipinski definition) is 1. The molecule has 3 saturated heterocycles. The van der Waals surface area contributed by atoms with Crippen molar-refractivity contribution in [3.8, 4) is 0 Å². The van der Waals surface area contributed by atoms with E-state index in [0.29, 0.717) is 17.8 Å². The van der Waals surface area contributed by atoms with Gasteiger partial charge in [-0.05, 0) is 42.9 Å². The lowest BCUT2D eigenvalue weighted by Gasteiger charge is -2.50. The summed E-state index contributed by atoms with van der Waals surface area (Å²) in [6.45, 7) is 22.0. The summed E-state index contributed by atoms with van der Waals surface area (Å²) in [5.74, 6) is 2.04. The van der Waals surface area contributed by atoms with Crippen LogP contribution in [0.2, 0.25) is 0 Å². The van der Waals surface area contributed by atoms with Crippen molar-refractivity contribution in [2.45, 2.75) is 138 Å². The first-order valence-electron chi connectivity index (χ1n) is 14.0. The van der Waals surface area contributed by atoms with Crippen molar-refractivity contribution in [2.24, 2.45) is 41.4 Å². The van der Waals surface area contributed by atoms with Gasteiger partial charge in [0.05, 0.1) is 30.5 Å². The van der Waals surface area contributed by atoms with Crippen molar-refractivity contribution in [1.29, 1.82) is 0 Å². The number of aliphatic hydroxyl groups is 1. The van der Waals surface area contributed by atoms with Gasteiger partial charge in [-0.3, -0.25) is 0 Å². The molecule has 3 aliphatic heterocycles. The number of hydrogen-bond acceptors (Lipinski definition) is 6. The molecule has 0 aromatic heterocycles. The molecule has 3 heterocycles. The zero-order valence-corrected chi connectivity index (χ0v) is 23.3. The van der Waals surface area contributed by atoms with Crippen molar-refractivity contribution < 1.29 is 28.8 Å². The van der Waals surface area contributed by atoms with Gasteiger partial charge in [-0.15, -0.1) is 0 Å². The second-order valence-electron chi connectivity index (χ2n) is 11.6. The highest BCUT2D eigenvalue weighted by Crippen LogP contribution is 2.42. The summed E-state index contributed by atoms with van der Waals surface area (Å²) in [5, 5.41) is 10.3. The van der Waals surface area contributed by atoms with Gasteiger partial charge in [-0.25, -0.2) is 0 Å². The molecule has 0 aromatic rings. The summed E-state index contributed by atoms with van der Waals surface area (Å²) in [5.41, 5.74) is 0. The van der Waals surface area contributed by atoms with E-state index >= 15 is 0 Å². The highest BCUT2D eigenvalue weighted by molar-refractivity contribution is 4.91. The Balaban J connectivity index is 1.72. The molecule has 7 unspecified atom stereocenters. The molecule has 34 heavy (non-hydrogen) atoms. The van der Waals surface area contributed by atoms with E-state index in [2.05, 4.69) is 62.3 Å². The number of rotatable bonds is 7. The SMILES string of the molecule is CCC1O[C@@H](O[C@H]2C(C)C(C)[C@H](O[C@@H]3C(CC)OC(O)C(C)[C@H]3C)O[C@H]2CC)C(C)[C@@H](C)[C@@H]1C. The Bertz CT molecular complexity index is 624. The molecule has 0 radical (unpaired) electrons. The predicted octanol–water partition coefficient (Wildman–Crippen LogP) is 5.61. The highest BCUT2D eigenvalue weighted by Gasteiger charge is 2.49. The normalized spacial score (nSPS) is 52.5. The molecule has 6 nitrogen and oxygen atoms in total. The molecule has 3 fully saturated rings. The average molecular weight is 485 g/mol. The van der Waals surface area contributed by atoms with E-state index in [9.17, 15) is 5.11 Å². The summed E-state index contributed by atoms with van der Waals surface area (Å²) in [7, 11) is 0. The quantitative estimate of drug-likeness (QED) is 0.507. The monoisotopic (exact) mass is 484 g/mol. The first kappa shape index (κ1) is 28.3. The van der Waals surface area contributed by atoms with Crippen molar-refractivity contribution in [3.05, 3.63) is 0 Å². The molecule has 0 aromatic carbocycles. The van der Waals surface area contributed by atoms with E-state index in [1.807, 2.05) is 6.92 Å². The third kappa shape index (κ3) is 5.52. The maximum Gasteiger partial charge on any atom is 0.161 e. The predicted molar refractivity (Wildman–Crippen MR) is 133 cm³/mol. The van der Waals surface area contributed by atoms with E-state index in [0.717, 1.165) is 19.3 Å². The summed E-state index contributed by atoms with van der Waals surface area (Å²) >= 11 is 0. The van der Waals surface area contributed by atoms with Gasteiger partial charge >= 0.3 is 0 Å². The van der Waals surface area contributed by atoms with Gasteiger partial charge in [0.25, 0.3) is 0 Å². The van der Waals surface area contributed by atoms with Crippen LogP contribution in [0.3, 0.4) is 0 Å². The number of aliphatic hydroxyl groups excluding tert-OH is 1. The van der Waals surface area contributed by atoms with Crippen LogP contribution in [0, 0.1) is 41.4 Å². The van der Waals surface area contributed by atoms with Gasteiger partial charge in [0.15, 0.2) is 18.9 Å². The standard InChI is InChI=1S/C28H52O6/c1-11-21-15(5)14(4)19(9)27(31-21)34-25-17(7)20(10)28(32-23(25)13-3)33-24-16(6)18(8)26(29)30-22(24)12-2/h14-29H,11-13H2,1-10H3/t14-,15-,16+,17?,18?,19?,20?,21?,22?,23-,24-,25-,26?,27-,28-/m0/s1. The smallest absolute Gasteiger partial charge is 0.161 e. The summed E-state index contributed by atoms with van der Waals surface area (Å²) in [6, 6.07) is 0. The van der Waals surface area contributed by atoms with Crippen LogP contribution in [0.5, 0.6) is 0 Å². The van der Waals surface area contributed by atoms with E-state index in [1.54, 1.807) is 0 Å². The zero-order valence-electron chi connectivity index (χ0n) is 23.3. The van der Waals surface area contributed by atoms with Gasteiger partial charge in [0, 0.05) is 17.8 Å². The van der Waals surface area contributed by atoms with Gasteiger partial charge in [-0.1, -0.05) is 69.2 Å². The second kappa shape index (κ2) is 11.9. The lowest BCUT2D eigenvalue weighted by atomic mass is 9.78. The van der Waals surface area contributed by atoms with Crippen LogP contribution in [-0.2, 0) is 23.7 Å². The molecule has 0 spiro atoms. The maximum absolute atomic E-state index is 10.3. The lowest BCUT2D eigenvalue weighted by Crippen LogP contribution is -2.57. The first-order valence-corrected chi connectivity index (χ1v) is 14.0. The Labute approximate surface area is 208 Å². The van der Waals surface area contributed by atoms with Gasteiger partial charge < -0.3 is 28.8 Å². The average Bonchev–Trinajstić information content (AvgIpc) is 2.83. The molecule has 3 aliphatic rings. The van der Waals surface area contributed by atoms with E-state index in [-0.39, 0.29) is 66.8 Å². The molecular weight excluding hydrogens is 432 g/mol. The zero-order chi connectivity index (χ0) is 25.3. The largest absolute Gasteiger partial charge is 0.368 e.